The number of para-hydroxylation sites is 4. The van der Waals surface area contributed by atoms with Crippen LogP contribution in [0.1, 0.15) is 5.82 Å². The molecule has 0 saturated carbocycles. The fourth-order valence-electron chi connectivity index (χ4n) is 6.75. The summed E-state index contributed by atoms with van der Waals surface area (Å²) in [6.45, 7) is 0.546. The summed E-state index contributed by atoms with van der Waals surface area (Å²) in [7, 11) is 0. The standard InChI is InChI=1S/C39H26N4/c1-3-13-26(14-4-1)37-32-19-7-10-20-33(32)40-36(41-37)25-42-34-21-11-8-17-28(34)30-23-24-31-29-18-9-12-22-35(29)43(39(31)38(30)42)27-15-5-2-6-16-27/h1-24H,25H2. The Labute approximate surface area is 248 Å². The van der Waals surface area contributed by atoms with Crippen LogP contribution in [0.3, 0.4) is 0 Å². The molecule has 0 aliphatic carbocycles. The Morgan fingerprint density at radius 1 is 0.442 bits per heavy atom. The Bertz CT molecular complexity index is 2470. The van der Waals surface area contributed by atoms with Crippen LogP contribution >= 0.6 is 0 Å². The molecule has 0 N–H and O–H groups in total. The molecule has 0 aliphatic rings. The zero-order valence-corrected chi connectivity index (χ0v) is 23.4. The molecule has 0 radical (unpaired) electrons. The maximum absolute atomic E-state index is 5.22. The van der Waals surface area contributed by atoms with E-state index >= 15 is 0 Å². The van der Waals surface area contributed by atoms with E-state index in [4.69, 9.17) is 9.97 Å². The molecule has 9 aromatic rings. The van der Waals surface area contributed by atoms with E-state index in [-0.39, 0.29) is 0 Å². The zero-order chi connectivity index (χ0) is 28.3. The van der Waals surface area contributed by atoms with Gasteiger partial charge < -0.3 is 9.13 Å². The molecule has 3 aromatic heterocycles. The third kappa shape index (κ3) is 3.63. The lowest BCUT2D eigenvalue weighted by Gasteiger charge is -2.13. The van der Waals surface area contributed by atoms with Crippen molar-refractivity contribution >= 4 is 54.5 Å². The first-order valence-corrected chi connectivity index (χ1v) is 14.6. The minimum atomic E-state index is 0.546. The number of aromatic nitrogens is 4. The van der Waals surface area contributed by atoms with Gasteiger partial charge in [0.1, 0.15) is 5.82 Å². The smallest absolute Gasteiger partial charge is 0.149 e. The van der Waals surface area contributed by atoms with Crippen molar-refractivity contribution in [1.29, 1.82) is 0 Å². The molecule has 0 atom stereocenters. The summed E-state index contributed by atoms with van der Waals surface area (Å²) >= 11 is 0. The molecule has 0 unspecified atom stereocenters. The van der Waals surface area contributed by atoms with Gasteiger partial charge in [-0.25, -0.2) is 9.97 Å². The van der Waals surface area contributed by atoms with Crippen molar-refractivity contribution in [3.8, 4) is 16.9 Å². The number of hydrogen-bond donors (Lipinski definition) is 0. The second-order valence-electron chi connectivity index (χ2n) is 11.0. The van der Waals surface area contributed by atoms with Gasteiger partial charge in [0.15, 0.2) is 0 Å². The Morgan fingerprint density at radius 2 is 1.02 bits per heavy atom. The van der Waals surface area contributed by atoms with Crippen molar-refractivity contribution in [2.75, 3.05) is 0 Å². The highest BCUT2D eigenvalue weighted by atomic mass is 15.1. The first-order valence-electron chi connectivity index (χ1n) is 14.6. The summed E-state index contributed by atoms with van der Waals surface area (Å²) in [6, 6.07) is 51.4. The van der Waals surface area contributed by atoms with Crippen LogP contribution in [0.2, 0.25) is 0 Å². The Hall–Kier alpha value is -5.74. The first kappa shape index (κ1) is 23.9. The van der Waals surface area contributed by atoms with Crippen LogP contribution in [0.25, 0.3) is 71.5 Å². The van der Waals surface area contributed by atoms with Crippen molar-refractivity contribution in [1.82, 2.24) is 19.1 Å². The van der Waals surface area contributed by atoms with Crippen LogP contribution in [0.4, 0.5) is 0 Å². The highest BCUT2D eigenvalue weighted by Gasteiger charge is 2.21. The first-order chi connectivity index (χ1) is 21.3. The lowest BCUT2D eigenvalue weighted by molar-refractivity contribution is 0.804. The van der Waals surface area contributed by atoms with Gasteiger partial charge in [0.2, 0.25) is 0 Å². The van der Waals surface area contributed by atoms with E-state index < -0.39 is 0 Å². The van der Waals surface area contributed by atoms with Crippen LogP contribution in [0.5, 0.6) is 0 Å². The number of rotatable bonds is 4. The molecule has 6 aromatic carbocycles. The Balaban J connectivity index is 1.39. The quantitative estimate of drug-likeness (QED) is 0.219. The van der Waals surface area contributed by atoms with Gasteiger partial charge in [-0.1, -0.05) is 115 Å². The molecule has 0 bridgehead atoms. The van der Waals surface area contributed by atoms with Crippen LogP contribution in [-0.2, 0) is 6.54 Å². The van der Waals surface area contributed by atoms with Gasteiger partial charge in [-0.05, 0) is 30.3 Å². The number of hydrogen-bond acceptors (Lipinski definition) is 2. The molecule has 0 saturated heterocycles. The van der Waals surface area contributed by atoms with Crippen LogP contribution < -0.4 is 0 Å². The van der Waals surface area contributed by atoms with Gasteiger partial charge in [0.25, 0.3) is 0 Å². The summed E-state index contributed by atoms with van der Waals surface area (Å²) in [5, 5.41) is 6.00. The normalized spacial score (nSPS) is 11.8. The summed E-state index contributed by atoms with van der Waals surface area (Å²) in [6.07, 6.45) is 0. The third-order valence-corrected chi connectivity index (χ3v) is 8.58. The van der Waals surface area contributed by atoms with E-state index in [0.29, 0.717) is 6.54 Å². The minimum absolute atomic E-state index is 0.546. The highest BCUT2D eigenvalue weighted by molar-refractivity contribution is 6.23. The van der Waals surface area contributed by atoms with Gasteiger partial charge in [-0.15, -0.1) is 0 Å². The Morgan fingerprint density at radius 3 is 1.79 bits per heavy atom. The highest BCUT2D eigenvalue weighted by Crippen LogP contribution is 2.40. The van der Waals surface area contributed by atoms with E-state index in [1.54, 1.807) is 0 Å². The fourth-order valence-corrected chi connectivity index (χ4v) is 6.75. The lowest BCUT2D eigenvalue weighted by Crippen LogP contribution is -2.07. The fraction of sp³-hybridized carbons (Fsp3) is 0.0256. The SMILES string of the molecule is c1ccc(-c2nc(Cn3c4ccccc4c4ccc5c6ccccc6n(-c6ccccc6)c5c43)nc3ccccc23)cc1. The van der Waals surface area contributed by atoms with Crippen LogP contribution in [0, 0.1) is 0 Å². The molecule has 0 spiro atoms. The van der Waals surface area contributed by atoms with Crippen molar-refractivity contribution in [2.24, 2.45) is 0 Å². The van der Waals surface area contributed by atoms with Gasteiger partial charge in [0.05, 0.1) is 34.3 Å². The van der Waals surface area contributed by atoms with E-state index in [2.05, 4.69) is 149 Å². The van der Waals surface area contributed by atoms with Crippen molar-refractivity contribution in [2.45, 2.75) is 6.54 Å². The van der Waals surface area contributed by atoms with Gasteiger partial charge in [-0.3, -0.25) is 0 Å². The summed E-state index contributed by atoms with van der Waals surface area (Å²) in [5.74, 6) is 0.791. The molecule has 202 valence electrons. The largest absolute Gasteiger partial charge is 0.331 e. The average Bonchev–Trinajstić information content (AvgIpc) is 3.58. The molecule has 0 aliphatic heterocycles. The van der Waals surface area contributed by atoms with Crippen molar-refractivity contribution in [3.63, 3.8) is 0 Å². The second-order valence-corrected chi connectivity index (χ2v) is 11.0. The van der Waals surface area contributed by atoms with E-state index in [9.17, 15) is 0 Å². The van der Waals surface area contributed by atoms with E-state index in [1.165, 1.54) is 43.6 Å². The molecule has 4 nitrogen and oxygen atoms in total. The predicted octanol–water partition coefficient (Wildman–Crippen LogP) is 9.55. The monoisotopic (exact) mass is 550 g/mol. The summed E-state index contributed by atoms with van der Waals surface area (Å²) < 4.78 is 4.84. The van der Waals surface area contributed by atoms with Crippen LogP contribution in [0.15, 0.2) is 146 Å². The van der Waals surface area contributed by atoms with E-state index in [0.717, 1.165) is 33.7 Å². The minimum Gasteiger partial charge on any atom is -0.331 e. The molecular formula is C39H26N4. The van der Waals surface area contributed by atoms with Crippen LogP contribution in [-0.4, -0.2) is 19.1 Å². The number of nitrogens with zero attached hydrogens (tertiary/aromatic N) is 4. The molecule has 0 amide bonds. The molecular weight excluding hydrogens is 524 g/mol. The molecule has 0 fully saturated rings. The maximum atomic E-state index is 5.22. The molecule has 9 rings (SSSR count). The van der Waals surface area contributed by atoms with E-state index in [1.807, 2.05) is 6.07 Å². The van der Waals surface area contributed by atoms with Gasteiger partial charge >= 0.3 is 0 Å². The van der Waals surface area contributed by atoms with Crippen molar-refractivity contribution < 1.29 is 0 Å². The Kier molecular flexibility index (Phi) is 5.23. The lowest BCUT2D eigenvalue weighted by atomic mass is 10.1. The average molecular weight is 551 g/mol. The number of fused-ring (bicyclic) bond motifs is 8. The zero-order valence-electron chi connectivity index (χ0n) is 23.4. The molecule has 4 heteroatoms. The third-order valence-electron chi connectivity index (χ3n) is 8.58. The van der Waals surface area contributed by atoms with Gasteiger partial charge in [0, 0.05) is 43.7 Å². The molecule has 3 heterocycles. The number of benzene rings is 6. The van der Waals surface area contributed by atoms with Gasteiger partial charge in [-0.2, -0.15) is 0 Å². The predicted molar refractivity (Wildman–Crippen MR) is 178 cm³/mol. The second kappa shape index (κ2) is 9.40. The van der Waals surface area contributed by atoms with Crippen molar-refractivity contribution in [3.05, 3.63) is 151 Å². The maximum Gasteiger partial charge on any atom is 0.149 e. The topological polar surface area (TPSA) is 35.6 Å². The molecule has 43 heavy (non-hydrogen) atoms. The summed E-state index contributed by atoms with van der Waals surface area (Å²) in [5.41, 5.74) is 8.92. The summed E-state index contributed by atoms with van der Waals surface area (Å²) in [4.78, 5) is 10.3.